The van der Waals surface area contributed by atoms with Crippen LogP contribution in [0.1, 0.15) is 27.1 Å². The van der Waals surface area contributed by atoms with Gasteiger partial charge in [-0.1, -0.05) is 18.2 Å². The first-order chi connectivity index (χ1) is 13.6. The lowest BCUT2D eigenvalue weighted by Gasteiger charge is -2.07. The van der Waals surface area contributed by atoms with E-state index in [1.807, 2.05) is 0 Å². The van der Waals surface area contributed by atoms with Gasteiger partial charge in [-0.2, -0.15) is 0 Å². The molecule has 1 N–H and O–H groups in total. The van der Waals surface area contributed by atoms with Crippen molar-refractivity contribution in [3.63, 3.8) is 0 Å². The number of rotatable bonds is 7. The SMILES string of the molecule is COCCCNC(=O)c1cc2ccc(OC(=O)c3ccccc3)cc2oc1=O. The van der Waals surface area contributed by atoms with Gasteiger partial charge in [0.15, 0.2) is 0 Å². The predicted octanol–water partition coefficient (Wildman–Crippen LogP) is 2.78. The number of hydrogen-bond donors (Lipinski definition) is 1. The van der Waals surface area contributed by atoms with Crippen LogP contribution in [0, 0.1) is 0 Å². The van der Waals surface area contributed by atoms with Crippen LogP contribution in [0.15, 0.2) is 63.8 Å². The van der Waals surface area contributed by atoms with E-state index in [4.69, 9.17) is 13.9 Å². The Morgan fingerprint density at radius 1 is 1.07 bits per heavy atom. The first-order valence-electron chi connectivity index (χ1n) is 8.71. The van der Waals surface area contributed by atoms with Gasteiger partial charge >= 0.3 is 11.6 Å². The molecule has 2 aromatic carbocycles. The van der Waals surface area contributed by atoms with Crippen LogP contribution in [0.4, 0.5) is 0 Å². The average molecular weight is 381 g/mol. The summed E-state index contributed by atoms with van der Waals surface area (Å²) in [6.07, 6.45) is 0.636. The maximum atomic E-state index is 12.2. The van der Waals surface area contributed by atoms with Crippen LogP contribution in [0.5, 0.6) is 5.75 Å². The van der Waals surface area contributed by atoms with Crippen molar-refractivity contribution in [3.8, 4) is 5.75 Å². The molecular weight excluding hydrogens is 362 g/mol. The summed E-state index contributed by atoms with van der Waals surface area (Å²) in [6.45, 7) is 0.898. The lowest BCUT2D eigenvalue weighted by molar-refractivity contribution is 0.0734. The molecule has 144 valence electrons. The molecule has 0 radical (unpaired) electrons. The number of fused-ring (bicyclic) bond motifs is 1. The van der Waals surface area contributed by atoms with Crippen molar-refractivity contribution in [2.24, 2.45) is 0 Å². The van der Waals surface area contributed by atoms with Gasteiger partial charge in [-0.15, -0.1) is 0 Å². The Morgan fingerprint density at radius 2 is 1.86 bits per heavy atom. The van der Waals surface area contributed by atoms with Crippen LogP contribution in [-0.4, -0.2) is 32.1 Å². The predicted molar refractivity (Wildman–Crippen MR) is 103 cm³/mol. The molecule has 0 spiro atoms. The van der Waals surface area contributed by atoms with E-state index in [0.717, 1.165) is 0 Å². The standard InChI is InChI=1S/C21H19NO6/c1-26-11-5-10-22-19(23)17-12-15-8-9-16(13-18(15)28-21(17)25)27-20(24)14-6-3-2-4-7-14/h2-4,6-9,12-13H,5,10-11H2,1H3,(H,22,23). The molecule has 1 heterocycles. The second kappa shape index (κ2) is 8.96. The molecular formula is C21H19NO6. The largest absolute Gasteiger partial charge is 0.423 e. The summed E-state index contributed by atoms with van der Waals surface area (Å²) in [7, 11) is 1.57. The third-order valence-electron chi connectivity index (χ3n) is 3.98. The van der Waals surface area contributed by atoms with E-state index < -0.39 is 17.5 Å². The molecule has 1 aromatic heterocycles. The van der Waals surface area contributed by atoms with Crippen molar-refractivity contribution >= 4 is 22.8 Å². The number of esters is 1. The van der Waals surface area contributed by atoms with Crippen molar-refractivity contribution in [3.05, 3.63) is 76.1 Å². The van der Waals surface area contributed by atoms with E-state index in [1.165, 1.54) is 12.1 Å². The average Bonchev–Trinajstić information content (AvgIpc) is 2.71. The number of amides is 1. The van der Waals surface area contributed by atoms with Crippen molar-refractivity contribution in [1.29, 1.82) is 0 Å². The molecule has 3 rings (SSSR count). The van der Waals surface area contributed by atoms with Gasteiger partial charge in [0.05, 0.1) is 5.56 Å². The summed E-state index contributed by atoms with van der Waals surface area (Å²) >= 11 is 0. The maximum absolute atomic E-state index is 12.2. The maximum Gasteiger partial charge on any atom is 0.349 e. The van der Waals surface area contributed by atoms with Crippen LogP contribution < -0.4 is 15.7 Å². The highest BCUT2D eigenvalue weighted by Gasteiger charge is 2.14. The number of carbonyl (C=O) groups excluding carboxylic acids is 2. The molecule has 0 saturated carbocycles. The Bertz CT molecular complexity index is 1040. The van der Waals surface area contributed by atoms with Crippen molar-refractivity contribution in [1.82, 2.24) is 5.32 Å². The van der Waals surface area contributed by atoms with E-state index in [1.54, 1.807) is 49.6 Å². The fraction of sp³-hybridized carbons (Fsp3) is 0.190. The van der Waals surface area contributed by atoms with E-state index in [9.17, 15) is 14.4 Å². The first-order valence-corrected chi connectivity index (χ1v) is 8.71. The molecule has 3 aromatic rings. The summed E-state index contributed by atoms with van der Waals surface area (Å²) in [6, 6.07) is 14.6. The second-order valence-electron chi connectivity index (χ2n) is 6.00. The van der Waals surface area contributed by atoms with Crippen LogP contribution in [0.3, 0.4) is 0 Å². The highest BCUT2D eigenvalue weighted by atomic mass is 16.5. The van der Waals surface area contributed by atoms with Gasteiger partial charge in [0.1, 0.15) is 16.9 Å². The van der Waals surface area contributed by atoms with Gasteiger partial charge in [-0.25, -0.2) is 9.59 Å². The molecule has 7 nitrogen and oxygen atoms in total. The smallest absolute Gasteiger partial charge is 0.349 e. The highest BCUT2D eigenvalue weighted by molar-refractivity contribution is 5.97. The van der Waals surface area contributed by atoms with Crippen molar-refractivity contribution < 1.29 is 23.5 Å². The second-order valence-corrected chi connectivity index (χ2v) is 6.00. The quantitative estimate of drug-likeness (QED) is 0.293. The summed E-state index contributed by atoms with van der Waals surface area (Å²) < 4.78 is 15.5. The summed E-state index contributed by atoms with van der Waals surface area (Å²) in [4.78, 5) is 36.4. The van der Waals surface area contributed by atoms with Crippen molar-refractivity contribution in [2.75, 3.05) is 20.3 Å². The molecule has 0 aliphatic carbocycles. The van der Waals surface area contributed by atoms with E-state index >= 15 is 0 Å². The molecule has 0 aliphatic heterocycles. The Kier molecular flexibility index (Phi) is 6.18. The molecule has 0 bridgehead atoms. The molecule has 0 saturated heterocycles. The molecule has 28 heavy (non-hydrogen) atoms. The first kappa shape index (κ1) is 19.3. The number of carbonyl (C=O) groups is 2. The zero-order valence-corrected chi connectivity index (χ0v) is 15.3. The minimum absolute atomic E-state index is 0.0843. The summed E-state index contributed by atoms with van der Waals surface area (Å²) in [5, 5.41) is 3.19. The summed E-state index contributed by atoms with van der Waals surface area (Å²) in [5.74, 6) is -0.790. The minimum atomic E-state index is -0.761. The lowest BCUT2D eigenvalue weighted by Crippen LogP contribution is -2.29. The van der Waals surface area contributed by atoms with Gasteiger partial charge in [0.25, 0.3) is 5.91 Å². The highest BCUT2D eigenvalue weighted by Crippen LogP contribution is 2.21. The van der Waals surface area contributed by atoms with Crippen molar-refractivity contribution in [2.45, 2.75) is 6.42 Å². The van der Waals surface area contributed by atoms with Crippen LogP contribution in [0.2, 0.25) is 0 Å². The Labute approximate surface area is 160 Å². The van der Waals surface area contributed by atoms with Gasteiger partial charge in [-0.3, -0.25) is 4.79 Å². The van der Waals surface area contributed by atoms with Gasteiger partial charge in [-0.05, 0) is 36.8 Å². The van der Waals surface area contributed by atoms with Crippen LogP contribution >= 0.6 is 0 Å². The number of benzene rings is 2. The van der Waals surface area contributed by atoms with E-state index in [0.29, 0.717) is 30.5 Å². The third-order valence-corrected chi connectivity index (χ3v) is 3.98. The molecule has 7 heteroatoms. The van der Waals surface area contributed by atoms with E-state index in [-0.39, 0.29) is 16.9 Å². The van der Waals surface area contributed by atoms with Crippen LogP contribution in [-0.2, 0) is 4.74 Å². The fourth-order valence-corrected chi connectivity index (χ4v) is 2.57. The zero-order chi connectivity index (χ0) is 19.9. The van der Waals surface area contributed by atoms with Crippen LogP contribution in [0.25, 0.3) is 11.0 Å². The Morgan fingerprint density at radius 3 is 2.61 bits per heavy atom. The van der Waals surface area contributed by atoms with E-state index in [2.05, 4.69) is 5.32 Å². The topological polar surface area (TPSA) is 94.8 Å². The minimum Gasteiger partial charge on any atom is -0.423 e. The van der Waals surface area contributed by atoms with Gasteiger partial charge in [0.2, 0.25) is 0 Å². The monoisotopic (exact) mass is 381 g/mol. The molecule has 0 unspecified atom stereocenters. The molecule has 0 aliphatic rings. The number of nitrogens with one attached hydrogen (secondary N) is 1. The summed E-state index contributed by atoms with van der Waals surface area (Å²) in [5.41, 5.74) is -0.217. The molecule has 0 atom stereocenters. The normalized spacial score (nSPS) is 10.6. The molecule has 1 amide bonds. The number of ether oxygens (including phenoxy) is 2. The Balaban J connectivity index is 1.77. The fourth-order valence-electron chi connectivity index (χ4n) is 2.57. The third kappa shape index (κ3) is 4.63. The Hall–Kier alpha value is -3.45. The number of methoxy groups -OCH3 is 1. The van der Waals surface area contributed by atoms with Gasteiger partial charge in [0, 0.05) is 31.7 Å². The van der Waals surface area contributed by atoms with Gasteiger partial charge < -0.3 is 19.2 Å². The number of hydrogen-bond acceptors (Lipinski definition) is 6. The lowest BCUT2D eigenvalue weighted by atomic mass is 10.1. The molecule has 0 fully saturated rings. The zero-order valence-electron chi connectivity index (χ0n) is 15.3.